The first-order valence-corrected chi connectivity index (χ1v) is 12.6. The topological polar surface area (TPSA) is 83.6 Å². The summed E-state index contributed by atoms with van der Waals surface area (Å²) < 4.78 is 54.4. The van der Waals surface area contributed by atoms with Crippen LogP contribution in [0.5, 0.6) is 0 Å². The van der Waals surface area contributed by atoms with E-state index in [4.69, 9.17) is 0 Å². The van der Waals surface area contributed by atoms with Gasteiger partial charge in [0.1, 0.15) is 0 Å². The molecule has 1 heterocycles. The van der Waals surface area contributed by atoms with E-state index in [0.717, 1.165) is 17.5 Å². The molecule has 1 aliphatic heterocycles. The Balaban J connectivity index is 1.87. The van der Waals surface area contributed by atoms with Gasteiger partial charge in [-0.1, -0.05) is 26.0 Å². The Morgan fingerprint density at radius 3 is 2.36 bits per heavy atom. The quantitative estimate of drug-likeness (QED) is 0.740. The van der Waals surface area contributed by atoms with Crippen molar-refractivity contribution in [1.29, 1.82) is 0 Å². The molecule has 6 nitrogen and oxygen atoms in total. The number of nitrogens with one attached hydrogen (secondary N) is 1. The molecule has 2 aromatic rings. The molecule has 0 bridgehead atoms. The van der Waals surface area contributed by atoms with Crippen molar-refractivity contribution in [1.82, 2.24) is 0 Å². The molecule has 0 aliphatic carbocycles. The van der Waals surface area contributed by atoms with Crippen molar-refractivity contribution in [3.05, 3.63) is 53.6 Å². The minimum atomic E-state index is -3.70. The average molecular weight is 423 g/mol. The summed E-state index contributed by atoms with van der Waals surface area (Å²) >= 11 is 0. The number of sulfonamides is 2. The number of nitrogens with zero attached hydrogens (tertiary/aromatic N) is 1. The lowest BCUT2D eigenvalue weighted by Gasteiger charge is -2.30. The maximum absolute atomic E-state index is 12.7. The van der Waals surface area contributed by atoms with Crippen LogP contribution in [0.15, 0.2) is 47.4 Å². The van der Waals surface area contributed by atoms with E-state index in [1.807, 2.05) is 13.8 Å². The molecule has 1 aliphatic rings. The largest absolute Gasteiger partial charge is 0.280 e. The molecule has 1 N–H and O–H groups in total. The lowest BCUT2D eigenvalue weighted by molar-refractivity contribution is 0.585. The van der Waals surface area contributed by atoms with Gasteiger partial charge in [-0.15, -0.1) is 0 Å². The predicted molar refractivity (Wildman–Crippen MR) is 113 cm³/mol. The van der Waals surface area contributed by atoms with Gasteiger partial charge in [0, 0.05) is 12.2 Å². The monoisotopic (exact) mass is 422 g/mol. The van der Waals surface area contributed by atoms with Crippen molar-refractivity contribution in [3.63, 3.8) is 0 Å². The highest BCUT2D eigenvalue weighted by Gasteiger charge is 2.27. The van der Waals surface area contributed by atoms with Crippen LogP contribution in [0.2, 0.25) is 0 Å². The molecule has 28 heavy (non-hydrogen) atoms. The van der Waals surface area contributed by atoms with Crippen LogP contribution in [0.25, 0.3) is 0 Å². The van der Waals surface area contributed by atoms with Crippen LogP contribution in [0.3, 0.4) is 0 Å². The minimum Gasteiger partial charge on any atom is -0.280 e. The van der Waals surface area contributed by atoms with E-state index < -0.39 is 20.0 Å². The number of anilines is 2. The Morgan fingerprint density at radius 1 is 1.00 bits per heavy atom. The summed E-state index contributed by atoms with van der Waals surface area (Å²) in [5.74, 6) is 0.106. The van der Waals surface area contributed by atoms with Crippen LogP contribution in [0, 0.1) is 0 Å². The van der Waals surface area contributed by atoms with E-state index in [1.165, 1.54) is 4.31 Å². The fourth-order valence-corrected chi connectivity index (χ4v) is 6.07. The van der Waals surface area contributed by atoms with Crippen LogP contribution in [-0.2, 0) is 32.9 Å². The van der Waals surface area contributed by atoms with Crippen LogP contribution >= 0.6 is 0 Å². The SMILES string of the molecule is CCCS(=O)(=O)N1CCCc2cc(NS(=O)(=O)c3ccc(CC)cc3)ccc21. The van der Waals surface area contributed by atoms with E-state index in [2.05, 4.69) is 4.72 Å². The zero-order valence-corrected chi connectivity index (χ0v) is 17.8. The molecule has 0 spiro atoms. The first kappa shape index (κ1) is 20.7. The summed E-state index contributed by atoms with van der Waals surface area (Å²) in [6.45, 7) is 4.32. The van der Waals surface area contributed by atoms with Gasteiger partial charge in [0.2, 0.25) is 10.0 Å². The lowest BCUT2D eigenvalue weighted by atomic mass is 10.0. The van der Waals surface area contributed by atoms with Gasteiger partial charge >= 0.3 is 0 Å². The predicted octanol–water partition coefficient (Wildman–Crippen LogP) is 3.54. The summed E-state index contributed by atoms with van der Waals surface area (Å²) in [5.41, 5.74) is 3.00. The normalized spacial score (nSPS) is 14.6. The third-order valence-electron chi connectivity index (χ3n) is 4.85. The third-order valence-corrected chi connectivity index (χ3v) is 8.22. The Hall–Kier alpha value is -2.06. The van der Waals surface area contributed by atoms with Crippen LogP contribution in [0.4, 0.5) is 11.4 Å². The van der Waals surface area contributed by atoms with Gasteiger partial charge < -0.3 is 0 Å². The maximum Gasteiger partial charge on any atom is 0.261 e. The Kier molecular flexibility index (Phi) is 6.00. The van der Waals surface area contributed by atoms with Gasteiger partial charge in [0.25, 0.3) is 10.0 Å². The van der Waals surface area contributed by atoms with Gasteiger partial charge in [-0.3, -0.25) is 9.03 Å². The third kappa shape index (κ3) is 4.33. The molecule has 0 saturated carbocycles. The molecular weight excluding hydrogens is 396 g/mol. The second-order valence-electron chi connectivity index (χ2n) is 6.94. The smallest absolute Gasteiger partial charge is 0.261 e. The number of benzene rings is 2. The molecule has 152 valence electrons. The van der Waals surface area contributed by atoms with Crippen LogP contribution in [-0.4, -0.2) is 29.1 Å². The van der Waals surface area contributed by atoms with E-state index in [1.54, 1.807) is 42.5 Å². The van der Waals surface area contributed by atoms with E-state index in [0.29, 0.717) is 37.2 Å². The molecule has 0 unspecified atom stereocenters. The summed E-state index contributed by atoms with van der Waals surface area (Å²) in [5, 5.41) is 0. The molecule has 0 aromatic heterocycles. The molecule has 8 heteroatoms. The van der Waals surface area contributed by atoms with E-state index >= 15 is 0 Å². The molecule has 3 rings (SSSR count). The van der Waals surface area contributed by atoms with E-state index in [9.17, 15) is 16.8 Å². The van der Waals surface area contributed by atoms with Crippen LogP contribution < -0.4 is 9.03 Å². The van der Waals surface area contributed by atoms with E-state index in [-0.39, 0.29) is 10.6 Å². The number of fused-ring (bicyclic) bond motifs is 1. The molecule has 0 amide bonds. The fourth-order valence-electron chi connectivity index (χ4n) is 3.40. The standard InChI is InChI=1S/C20H26N2O4S2/c1-3-14-27(23,24)22-13-5-6-17-15-18(9-12-20(17)22)21-28(25,26)19-10-7-16(4-2)8-11-19/h7-12,15,21H,3-6,13-14H2,1-2H3. The number of hydrogen-bond donors (Lipinski definition) is 1. The Labute approximate surface area is 167 Å². The highest BCUT2D eigenvalue weighted by molar-refractivity contribution is 7.93. The Morgan fingerprint density at radius 2 is 1.71 bits per heavy atom. The summed E-state index contributed by atoms with van der Waals surface area (Å²) in [6, 6.07) is 11.9. The first-order valence-electron chi connectivity index (χ1n) is 9.52. The second kappa shape index (κ2) is 8.13. The minimum absolute atomic E-state index is 0.106. The Bertz CT molecular complexity index is 1050. The average Bonchev–Trinajstić information content (AvgIpc) is 2.67. The molecule has 2 aromatic carbocycles. The molecule has 0 fully saturated rings. The van der Waals surface area contributed by atoms with Gasteiger partial charge in [-0.05, 0) is 67.1 Å². The molecular formula is C20H26N2O4S2. The molecule has 0 saturated heterocycles. The van der Waals surface area contributed by atoms with Gasteiger partial charge in [-0.25, -0.2) is 16.8 Å². The van der Waals surface area contributed by atoms with Gasteiger partial charge in [0.05, 0.1) is 16.3 Å². The highest BCUT2D eigenvalue weighted by Crippen LogP contribution is 2.32. The number of hydrogen-bond acceptors (Lipinski definition) is 4. The van der Waals surface area contributed by atoms with Crippen molar-refractivity contribution in [2.75, 3.05) is 21.3 Å². The lowest BCUT2D eigenvalue weighted by Crippen LogP contribution is -2.37. The molecule has 0 atom stereocenters. The van der Waals surface area contributed by atoms with Gasteiger partial charge in [0.15, 0.2) is 0 Å². The van der Waals surface area contributed by atoms with Crippen molar-refractivity contribution >= 4 is 31.4 Å². The van der Waals surface area contributed by atoms with Crippen molar-refractivity contribution in [3.8, 4) is 0 Å². The number of rotatable bonds is 7. The zero-order chi connectivity index (χ0) is 20.4. The van der Waals surface area contributed by atoms with Crippen LogP contribution in [0.1, 0.15) is 37.8 Å². The number of aryl methyl sites for hydroxylation is 2. The molecule has 0 radical (unpaired) electrons. The summed E-state index contributed by atoms with van der Waals surface area (Å²) in [7, 11) is -7.05. The summed E-state index contributed by atoms with van der Waals surface area (Å²) in [4.78, 5) is 0.203. The summed E-state index contributed by atoms with van der Waals surface area (Å²) in [6.07, 6.45) is 2.83. The fraction of sp³-hybridized carbons (Fsp3) is 0.400. The maximum atomic E-state index is 12.7. The van der Waals surface area contributed by atoms with Crippen molar-refractivity contribution in [2.45, 2.75) is 44.4 Å². The zero-order valence-electron chi connectivity index (χ0n) is 16.2. The van der Waals surface area contributed by atoms with Crippen molar-refractivity contribution in [2.24, 2.45) is 0 Å². The second-order valence-corrected chi connectivity index (χ2v) is 10.6. The van der Waals surface area contributed by atoms with Crippen molar-refractivity contribution < 1.29 is 16.8 Å². The van der Waals surface area contributed by atoms with Gasteiger partial charge in [-0.2, -0.15) is 0 Å². The highest BCUT2D eigenvalue weighted by atomic mass is 32.2. The first-order chi connectivity index (χ1) is 13.3.